The third-order valence-corrected chi connectivity index (χ3v) is 10.1. The molecule has 0 aliphatic heterocycles. The quantitative estimate of drug-likeness (QED) is 0.530. The molecule has 0 saturated heterocycles. The van der Waals surface area contributed by atoms with Gasteiger partial charge in [-0.05, 0) is 55.7 Å². The van der Waals surface area contributed by atoms with Gasteiger partial charge < -0.3 is 5.32 Å². The zero-order valence-corrected chi connectivity index (χ0v) is 20.8. The van der Waals surface area contributed by atoms with Gasteiger partial charge in [-0.1, -0.05) is 11.6 Å². The zero-order valence-electron chi connectivity index (χ0n) is 18.4. The minimum atomic E-state index is -4.00. The van der Waals surface area contributed by atoms with E-state index in [0.29, 0.717) is 37.8 Å². The van der Waals surface area contributed by atoms with Crippen molar-refractivity contribution in [3.8, 4) is 0 Å². The lowest BCUT2D eigenvalue weighted by Crippen LogP contribution is -2.45. The van der Waals surface area contributed by atoms with Crippen molar-refractivity contribution in [1.29, 1.82) is 0 Å². The second-order valence-electron chi connectivity index (χ2n) is 9.02. The van der Waals surface area contributed by atoms with E-state index in [1.165, 1.54) is 12.1 Å². The van der Waals surface area contributed by atoms with Gasteiger partial charge in [0.15, 0.2) is 27.3 Å². The Hall–Kier alpha value is -2.15. The summed E-state index contributed by atoms with van der Waals surface area (Å²) in [7, 11) is -7.44. The van der Waals surface area contributed by atoms with Gasteiger partial charge in [0.05, 0.1) is 21.4 Å². The first kappa shape index (κ1) is 25.9. The summed E-state index contributed by atoms with van der Waals surface area (Å²) in [5.41, 5.74) is -0.474. The lowest BCUT2D eigenvalue weighted by atomic mass is 9.85. The Morgan fingerprint density at radius 3 is 2.09 bits per heavy atom. The van der Waals surface area contributed by atoms with E-state index in [4.69, 9.17) is 11.6 Å². The first-order valence-electron chi connectivity index (χ1n) is 10.7. The smallest absolute Gasteiger partial charge is 0.255 e. The van der Waals surface area contributed by atoms with Crippen LogP contribution >= 0.6 is 11.6 Å². The van der Waals surface area contributed by atoms with Gasteiger partial charge in [0, 0.05) is 29.4 Å². The number of carbonyl (C=O) groups excluding carboxylic acids is 1. The average Bonchev–Trinajstić information content (AvgIpc) is 3.03. The number of sulfone groups is 1. The Kier molecular flexibility index (Phi) is 6.95. The number of amides is 1. The summed E-state index contributed by atoms with van der Waals surface area (Å²) in [6.45, 7) is 0. The number of benzene rings is 2. The third-order valence-electron chi connectivity index (χ3n) is 6.49. The highest BCUT2D eigenvalue weighted by Gasteiger charge is 2.50. The van der Waals surface area contributed by atoms with Crippen molar-refractivity contribution in [1.82, 2.24) is 4.72 Å². The molecule has 2 aromatic carbocycles. The summed E-state index contributed by atoms with van der Waals surface area (Å²) < 4.78 is 93.2. The Morgan fingerprint density at radius 2 is 1.54 bits per heavy atom. The van der Waals surface area contributed by atoms with E-state index in [1.807, 2.05) is 0 Å². The number of nitrogens with one attached hydrogen (secondary N) is 2. The van der Waals surface area contributed by atoms with Crippen LogP contribution in [0.25, 0.3) is 0 Å². The lowest BCUT2D eigenvalue weighted by molar-refractivity contribution is 0.102. The van der Waals surface area contributed by atoms with Crippen LogP contribution in [0.2, 0.25) is 5.02 Å². The van der Waals surface area contributed by atoms with E-state index < -0.39 is 48.5 Å². The Morgan fingerprint density at radius 1 is 0.971 bits per heavy atom. The summed E-state index contributed by atoms with van der Waals surface area (Å²) in [5, 5.41) is 1.35. The molecule has 2 bridgehead atoms. The molecule has 13 heteroatoms. The molecule has 1 amide bonds. The molecule has 2 aliphatic rings. The highest BCUT2D eigenvalue weighted by molar-refractivity contribution is 7.92. The van der Waals surface area contributed by atoms with Crippen LogP contribution in [-0.2, 0) is 19.9 Å². The number of hydrogen-bond donors (Lipinski definition) is 2. The maximum Gasteiger partial charge on any atom is 0.255 e. The number of fused-ring (bicyclic) bond motifs is 2. The van der Waals surface area contributed by atoms with Crippen LogP contribution in [0.3, 0.4) is 0 Å². The molecule has 2 aliphatic carbocycles. The van der Waals surface area contributed by atoms with Crippen molar-refractivity contribution in [3.63, 3.8) is 0 Å². The Labute approximate surface area is 206 Å². The maximum absolute atomic E-state index is 13.6. The average molecular weight is 551 g/mol. The standard InChI is InChI=1S/C22H22ClF3N2O5S2/c1-34(30,31)28-15-6-11-2-3-12(7-15)21(11)35(32,33)19-8-13(4-5-16(19)23)22(29)27-14-9-17(24)20(26)18(25)10-14/h4-5,8-12,15,21,28H,2-3,6-7H2,1H3,(H,27,29)/t11-,12?,15?,21+/m0/s1. The highest BCUT2D eigenvalue weighted by atomic mass is 35.5. The van der Waals surface area contributed by atoms with Crippen LogP contribution in [0, 0.1) is 29.3 Å². The lowest BCUT2D eigenvalue weighted by Gasteiger charge is -2.35. The van der Waals surface area contributed by atoms with Gasteiger partial charge in [0.1, 0.15) is 0 Å². The van der Waals surface area contributed by atoms with E-state index in [1.54, 1.807) is 0 Å². The van der Waals surface area contributed by atoms with Gasteiger partial charge in [-0.2, -0.15) is 0 Å². The SMILES string of the molecule is CS(=O)(=O)NC1CC2CC[C@@H](C1)[C@H]2S(=O)(=O)c1cc(C(=O)Nc2cc(F)c(F)c(F)c2)ccc1Cl. The van der Waals surface area contributed by atoms with Crippen molar-refractivity contribution in [2.75, 3.05) is 11.6 Å². The fourth-order valence-corrected chi connectivity index (χ4v) is 8.89. The normalized spacial score (nSPS) is 24.4. The van der Waals surface area contributed by atoms with E-state index >= 15 is 0 Å². The second kappa shape index (κ2) is 9.38. The molecular formula is C22H22ClF3N2O5S2. The molecule has 2 fully saturated rings. The van der Waals surface area contributed by atoms with Crippen LogP contribution in [0.4, 0.5) is 18.9 Å². The minimum absolute atomic E-state index is 0.0868. The molecule has 4 rings (SSSR count). The summed E-state index contributed by atoms with van der Waals surface area (Å²) in [6, 6.07) is 4.46. The zero-order chi connectivity index (χ0) is 25.7. The second-order valence-corrected chi connectivity index (χ2v) is 13.3. The van der Waals surface area contributed by atoms with Crippen LogP contribution in [0.1, 0.15) is 36.0 Å². The van der Waals surface area contributed by atoms with Gasteiger partial charge in [-0.3, -0.25) is 4.79 Å². The summed E-state index contributed by atoms with van der Waals surface area (Å²) in [6.07, 6.45) is 3.04. The molecule has 2 unspecified atom stereocenters. The van der Waals surface area contributed by atoms with E-state index in [0.717, 1.165) is 12.3 Å². The molecule has 0 spiro atoms. The van der Waals surface area contributed by atoms with Crippen molar-refractivity contribution < 1.29 is 34.8 Å². The van der Waals surface area contributed by atoms with Gasteiger partial charge in [0.2, 0.25) is 10.0 Å². The van der Waals surface area contributed by atoms with Crippen LogP contribution in [0.15, 0.2) is 35.2 Å². The van der Waals surface area contributed by atoms with Gasteiger partial charge >= 0.3 is 0 Å². The molecule has 7 nitrogen and oxygen atoms in total. The topological polar surface area (TPSA) is 109 Å². The van der Waals surface area contributed by atoms with Crippen molar-refractivity contribution >= 4 is 43.1 Å². The third kappa shape index (κ3) is 5.35. The molecule has 2 aromatic rings. The largest absolute Gasteiger partial charge is 0.322 e. The van der Waals surface area contributed by atoms with E-state index in [9.17, 15) is 34.8 Å². The molecular weight excluding hydrogens is 529 g/mol. The van der Waals surface area contributed by atoms with Gasteiger partial charge in [-0.25, -0.2) is 34.7 Å². The summed E-state index contributed by atoms with van der Waals surface area (Å²) >= 11 is 6.21. The predicted molar refractivity (Wildman–Crippen MR) is 124 cm³/mol. The molecule has 2 saturated carbocycles. The number of hydrogen-bond acceptors (Lipinski definition) is 5. The molecule has 4 atom stereocenters. The first-order valence-corrected chi connectivity index (χ1v) is 14.5. The van der Waals surface area contributed by atoms with Crippen molar-refractivity contribution in [2.24, 2.45) is 11.8 Å². The maximum atomic E-state index is 13.6. The minimum Gasteiger partial charge on any atom is -0.322 e. The number of carbonyl (C=O) groups is 1. The summed E-state index contributed by atoms with van der Waals surface area (Å²) in [4.78, 5) is 12.4. The number of sulfonamides is 1. The fourth-order valence-electron chi connectivity index (χ4n) is 5.22. The predicted octanol–water partition coefficient (Wildman–Crippen LogP) is 3.89. The Balaban J connectivity index is 1.59. The monoisotopic (exact) mass is 550 g/mol. The van der Waals surface area contributed by atoms with E-state index in [-0.39, 0.29) is 39.0 Å². The molecule has 35 heavy (non-hydrogen) atoms. The van der Waals surface area contributed by atoms with Crippen LogP contribution < -0.4 is 10.0 Å². The van der Waals surface area contributed by atoms with Gasteiger partial charge in [-0.15, -0.1) is 0 Å². The van der Waals surface area contributed by atoms with Crippen molar-refractivity contribution in [2.45, 2.75) is 41.9 Å². The number of rotatable bonds is 6. The van der Waals surface area contributed by atoms with Crippen LogP contribution in [-0.4, -0.2) is 40.3 Å². The first-order chi connectivity index (χ1) is 16.3. The fraction of sp³-hybridized carbons (Fsp3) is 0.409. The Bertz CT molecular complexity index is 1360. The highest BCUT2D eigenvalue weighted by Crippen LogP contribution is 2.48. The molecule has 0 radical (unpaired) electrons. The van der Waals surface area contributed by atoms with Gasteiger partial charge in [0.25, 0.3) is 5.91 Å². The molecule has 190 valence electrons. The summed E-state index contributed by atoms with van der Waals surface area (Å²) in [5.74, 6) is -6.09. The molecule has 0 heterocycles. The van der Waals surface area contributed by atoms with Crippen LogP contribution in [0.5, 0.6) is 0 Å². The molecule has 2 N–H and O–H groups in total. The number of halogens is 4. The molecule has 0 aromatic heterocycles. The van der Waals surface area contributed by atoms with E-state index in [2.05, 4.69) is 10.0 Å². The van der Waals surface area contributed by atoms with Crippen molar-refractivity contribution in [3.05, 3.63) is 58.4 Å². The number of anilines is 1.